The summed E-state index contributed by atoms with van der Waals surface area (Å²) in [7, 11) is 0. The van der Waals surface area contributed by atoms with Crippen LogP contribution in [0, 0.1) is 0 Å². The zero-order chi connectivity index (χ0) is 8.58. The molecule has 0 rings (SSSR count). The lowest BCUT2D eigenvalue weighted by Crippen LogP contribution is -2.42. The van der Waals surface area contributed by atoms with Crippen molar-refractivity contribution >= 4 is 11.1 Å². The summed E-state index contributed by atoms with van der Waals surface area (Å²) >= 11 is -3.45. The van der Waals surface area contributed by atoms with Crippen LogP contribution in [-0.2, 0) is 11.1 Å². The van der Waals surface area contributed by atoms with Crippen LogP contribution < -0.4 is 0 Å². The van der Waals surface area contributed by atoms with Crippen LogP contribution in [0.15, 0.2) is 0 Å². The summed E-state index contributed by atoms with van der Waals surface area (Å²) < 4.78 is 54.3. The van der Waals surface area contributed by atoms with Crippen LogP contribution in [0.5, 0.6) is 0 Å². The Kier molecular flexibility index (Phi) is 2.48. The van der Waals surface area contributed by atoms with Gasteiger partial charge in [0.1, 0.15) is 0 Å². The maximum atomic E-state index is 12.3. The van der Waals surface area contributed by atoms with Gasteiger partial charge in [-0.3, -0.25) is 0 Å². The lowest BCUT2D eigenvalue weighted by molar-refractivity contribution is -0.0501. The van der Waals surface area contributed by atoms with Gasteiger partial charge in [-0.1, -0.05) is 0 Å². The van der Waals surface area contributed by atoms with Crippen molar-refractivity contribution in [2.24, 2.45) is 0 Å². The molecule has 0 spiro atoms. The first-order valence-electron chi connectivity index (χ1n) is 2.37. The number of alkyl halides is 3. The van der Waals surface area contributed by atoms with Crippen molar-refractivity contribution in [1.82, 2.24) is 0 Å². The van der Waals surface area contributed by atoms with Gasteiger partial charge >= 0.3 is 5.25 Å². The average molecular weight is 176 g/mol. The van der Waals surface area contributed by atoms with E-state index in [4.69, 9.17) is 4.55 Å². The van der Waals surface area contributed by atoms with E-state index in [1.54, 1.807) is 0 Å². The van der Waals surface area contributed by atoms with Crippen LogP contribution >= 0.6 is 0 Å². The van der Waals surface area contributed by atoms with Crippen molar-refractivity contribution in [2.75, 3.05) is 0 Å². The Bertz CT molecular complexity index is 151. The van der Waals surface area contributed by atoms with E-state index in [9.17, 15) is 17.4 Å². The second-order valence-electron chi connectivity index (χ2n) is 2.24. The summed E-state index contributed by atoms with van der Waals surface area (Å²) in [4.78, 5) is 0. The minimum atomic E-state index is -4.20. The highest BCUT2D eigenvalue weighted by molar-refractivity contribution is 7.80. The molecule has 0 radical (unpaired) electrons. The molecule has 0 amide bonds. The van der Waals surface area contributed by atoms with Gasteiger partial charge in [0, 0.05) is 0 Å². The maximum absolute atomic E-state index is 12.3. The van der Waals surface area contributed by atoms with Gasteiger partial charge in [-0.15, -0.1) is 0 Å². The molecule has 0 aliphatic carbocycles. The van der Waals surface area contributed by atoms with Gasteiger partial charge in [0.05, 0.1) is 0 Å². The van der Waals surface area contributed by atoms with Crippen LogP contribution in [0.1, 0.15) is 13.8 Å². The first kappa shape index (κ1) is 9.90. The molecule has 0 heterocycles. The largest absolute Gasteiger partial charge is 0.377 e. The molecule has 0 aromatic rings. The van der Waals surface area contributed by atoms with E-state index >= 15 is 0 Å². The Morgan fingerprint density at radius 3 is 1.60 bits per heavy atom. The summed E-state index contributed by atoms with van der Waals surface area (Å²) in [5.41, 5.74) is -2.97. The van der Waals surface area contributed by atoms with E-state index in [0.29, 0.717) is 13.8 Å². The highest BCUT2D eigenvalue weighted by atomic mass is 32.2. The molecule has 0 aliphatic rings. The predicted molar refractivity (Wildman–Crippen MR) is 30.9 cm³/mol. The van der Waals surface area contributed by atoms with E-state index in [1.807, 2.05) is 0 Å². The number of hydrogen-bond donors (Lipinski definition) is 1. The summed E-state index contributed by atoms with van der Waals surface area (Å²) in [5, 5.41) is -4.20. The molecule has 0 fully saturated rings. The van der Waals surface area contributed by atoms with Crippen molar-refractivity contribution in [2.45, 2.75) is 24.8 Å². The molecule has 1 atom stereocenters. The lowest BCUT2D eigenvalue weighted by Gasteiger charge is -2.22. The normalized spacial score (nSPS) is 17.0. The van der Waals surface area contributed by atoms with Gasteiger partial charge in [0.25, 0.3) is 0 Å². The molecular weight excluding hydrogens is 169 g/mol. The molecule has 6 heteroatoms. The maximum Gasteiger partial charge on any atom is 0.377 e. The minimum absolute atomic E-state index is 0.543. The lowest BCUT2D eigenvalue weighted by atomic mass is 10.2. The van der Waals surface area contributed by atoms with Gasteiger partial charge in [-0.25, -0.2) is 8.60 Å². The third kappa shape index (κ3) is 1.69. The summed E-state index contributed by atoms with van der Waals surface area (Å²) in [5.74, 6) is 0. The first-order valence-corrected chi connectivity index (χ1v) is 3.48. The quantitative estimate of drug-likeness (QED) is 0.648. The van der Waals surface area contributed by atoms with Crippen molar-refractivity contribution in [1.29, 1.82) is 0 Å². The molecule has 0 aromatic carbocycles. The smallest absolute Gasteiger partial charge is 0.301 e. The van der Waals surface area contributed by atoms with Gasteiger partial charge in [0.2, 0.25) is 11.1 Å². The fraction of sp³-hybridized carbons (Fsp3) is 1.00. The molecule has 2 nitrogen and oxygen atoms in total. The molecular formula is C4H7F3O2S. The van der Waals surface area contributed by atoms with Gasteiger partial charge in [-0.05, 0) is 13.8 Å². The molecule has 1 N–H and O–H groups in total. The Morgan fingerprint density at radius 2 is 1.60 bits per heavy atom. The standard InChI is InChI=1S/C4H7F3O2S/c1-3(2,5)4(6,7)10(8)9/h1-2H3,(H,8,9). The van der Waals surface area contributed by atoms with Crippen LogP contribution in [0.4, 0.5) is 13.2 Å². The summed E-state index contributed by atoms with van der Waals surface area (Å²) in [6, 6.07) is 0. The Labute approximate surface area is 58.7 Å². The Hall–Kier alpha value is -0.100. The summed E-state index contributed by atoms with van der Waals surface area (Å²) in [6.45, 7) is 1.09. The Morgan fingerprint density at radius 1 is 1.30 bits per heavy atom. The fourth-order valence-electron chi connectivity index (χ4n) is 0.208. The number of hydrogen-bond acceptors (Lipinski definition) is 1. The average Bonchev–Trinajstić information content (AvgIpc) is 1.62. The molecule has 0 aromatic heterocycles. The van der Waals surface area contributed by atoms with E-state index in [2.05, 4.69) is 0 Å². The topological polar surface area (TPSA) is 37.3 Å². The second-order valence-corrected chi connectivity index (χ2v) is 3.25. The van der Waals surface area contributed by atoms with Crippen LogP contribution in [0.25, 0.3) is 0 Å². The monoisotopic (exact) mass is 176 g/mol. The number of halogens is 3. The SMILES string of the molecule is CC(C)(F)C(F)(F)S(=O)O. The molecule has 1 unspecified atom stereocenters. The van der Waals surface area contributed by atoms with E-state index < -0.39 is 22.0 Å². The van der Waals surface area contributed by atoms with Crippen LogP contribution in [0.3, 0.4) is 0 Å². The molecule has 0 saturated carbocycles. The van der Waals surface area contributed by atoms with Gasteiger partial charge in [-0.2, -0.15) is 8.78 Å². The predicted octanol–water partition coefficient (Wildman–Crippen LogP) is 1.55. The van der Waals surface area contributed by atoms with Gasteiger partial charge < -0.3 is 4.55 Å². The van der Waals surface area contributed by atoms with E-state index in [-0.39, 0.29) is 0 Å². The van der Waals surface area contributed by atoms with Gasteiger partial charge in [0.15, 0.2) is 5.67 Å². The minimum Gasteiger partial charge on any atom is -0.301 e. The third-order valence-corrected chi connectivity index (χ3v) is 1.84. The first-order chi connectivity index (χ1) is 4.19. The van der Waals surface area contributed by atoms with Crippen molar-refractivity contribution in [3.63, 3.8) is 0 Å². The van der Waals surface area contributed by atoms with Crippen molar-refractivity contribution in [3.8, 4) is 0 Å². The summed E-state index contributed by atoms with van der Waals surface area (Å²) in [6.07, 6.45) is 0. The van der Waals surface area contributed by atoms with E-state index in [0.717, 1.165) is 0 Å². The molecule has 0 saturated heterocycles. The van der Waals surface area contributed by atoms with Crippen LogP contribution in [0.2, 0.25) is 0 Å². The zero-order valence-corrected chi connectivity index (χ0v) is 6.21. The van der Waals surface area contributed by atoms with Crippen molar-refractivity contribution in [3.05, 3.63) is 0 Å². The molecule has 0 bridgehead atoms. The molecule has 0 aliphatic heterocycles. The fourth-order valence-corrected chi connectivity index (χ4v) is 0.623. The van der Waals surface area contributed by atoms with Crippen molar-refractivity contribution < 1.29 is 21.9 Å². The van der Waals surface area contributed by atoms with E-state index in [1.165, 1.54) is 0 Å². The highest BCUT2D eigenvalue weighted by Gasteiger charge is 2.53. The van der Waals surface area contributed by atoms with Crippen LogP contribution in [-0.4, -0.2) is 19.7 Å². The highest BCUT2D eigenvalue weighted by Crippen LogP contribution is 2.33. The Balaban J connectivity index is 4.57. The third-order valence-electron chi connectivity index (χ3n) is 0.911. The molecule has 62 valence electrons. The molecule has 10 heavy (non-hydrogen) atoms. The zero-order valence-electron chi connectivity index (χ0n) is 5.40. The second kappa shape index (κ2) is 2.50. The number of rotatable bonds is 2.